The largest absolute Gasteiger partial charge is 0.354 e. The molecule has 0 fully saturated rings. The third-order valence-corrected chi connectivity index (χ3v) is 8.14. The predicted molar refractivity (Wildman–Crippen MR) is 150 cm³/mol. The van der Waals surface area contributed by atoms with Gasteiger partial charge in [-0.2, -0.15) is 0 Å². The van der Waals surface area contributed by atoms with Crippen molar-refractivity contribution in [2.45, 2.75) is 44.7 Å². The van der Waals surface area contributed by atoms with Gasteiger partial charge in [0.1, 0.15) is 12.6 Å². The molecule has 7 nitrogen and oxygen atoms in total. The van der Waals surface area contributed by atoms with E-state index in [0.717, 1.165) is 26.3 Å². The summed E-state index contributed by atoms with van der Waals surface area (Å²) < 4.78 is 29.4. The van der Waals surface area contributed by atoms with Gasteiger partial charge < -0.3 is 10.2 Å². The molecule has 3 aromatic rings. The lowest BCUT2D eigenvalue weighted by Crippen LogP contribution is -2.51. The topological polar surface area (TPSA) is 86.8 Å². The number of nitrogens with zero attached hydrogens (tertiary/aromatic N) is 2. The Kier molecular flexibility index (Phi) is 9.88. The zero-order valence-electron chi connectivity index (χ0n) is 21.2. The van der Waals surface area contributed by atoms with E-state index in [-0.39, 0.29) is 17.3 Å². The molecule has 1 atom stereocenters. The number of aryl methyl sites for hydroxylation is 1. The van der Waals surface area contributed by atoms with E-state index in [9.17, 15) is 18.0 Å². The Morgan fingerprint density at radius 3 is 2.32 bits per heavy atom. The number of benzene rings is 3. The molecule has 37 heavy (non-hydrogen) atoms. The Labute approximate surface area is 227 Å². The lowest BCUT2D eigenvalue weighted by molar-refractivity contribution is -0.139. The highest BCUT2D eigenvalue weighted by Gasteiger charge is 2.32. The normalized spacial score (nSPS) is 12.0. The Balaban J connectivity index is 2.01. The molecule has 0 aromatic heterocycles. The van der Waals surface area contributed by atoms with Crippen LogP contribution in [0.1, 0.15) is 31.4 Å². The van der Waals surface area contributed by atoms with Crippen LogP contribution in [-0.2, 0) is 26.2 Å². The number of sulfonamides is 1. The number of hydrogen-bond acceptors (Lipinski definition) is 4. The standard InChI is InChI=1S/C28H32BrN3O4S/c1-4-16-30-28(34)22(3)31(19-23-11-9-12-24(29)18-23)27(33)20-32(25-13-8-10-21(2)17-25)37(35,36)26-14-6-5-7-15-26/h5-15,17-18,22H,4,16,19-20H2,1-3H3,(H,30,34)/t22-/m1/s1. The fraction of sp³-hybridized carbons (Fsp3) is 0.286. The third-order valence-electron chi connectivity index (χ3n) is 5.86. The first-order valence-corrected chi connectivity index (χ1v) is 14.3. The minimum atomic E-state index is -4.06. The van der Waals surface area contributed by atoms with E-state index in [0.29, 0.717) is 12.2 Å². The van der Waals surface area contributed by atoms with E-state index in [1.54, 1.807) is 43.3 Å². The molecule has 1 N–H and O–H groups in total. The average Bonchev–Trinajstić information content (AvgIpc) is 2.88. The van der Waals surface area contributed by atoms with Gasteiger partial charge in [0.2, 0.25) is 11.8 Å². The Bertz CT molecular complexity index is 1330. The SMILES string of the molecule is CCCNC(=O)[C@@H](C)N(Cc1cccc(Br)c1)C(=O)CN(c1cccc(C)c1)S(=O)(=O)c1ccccc1. The summed E-state index contributed by atoms with van der Waals surface area (Å²) >= 11 is 3.45. The molecule has 3 aromatic carbocycles. The highest BCUT2D eigenvalue weighted by atomic mass is 79.9. The molecule has 0 saturated heterocycles. The summed E-state index contributed by atoms with van der Waals surface area (Å²) in [7, 11) is -4.06. The van der Waals surface area contributed by atoms with E-state index in [2.05, 4.69) is 21.2 Å². The van der Waals surface area contributed by atoms with Crippen molar-refractivity contribution >= 4 is 43.5 Å². The summed E-state index contributed by atoms with van der Waals surface area (Å²) in [5.74, 6) is -0.779. The Hall–Kier alpha value is -3.17. The predicted octanol–water partition coefficient (Wildman–Crippen LogP) is 4.90. The lowest BCUT2D eigenvalue weighted by Gasteiger charge is -2.32. The van der Waals surface area contributed by atoms with Gasteiger partial charge in [0.15, 0.2) is 0 Å². The van der Waals surface area contributed by atoms with Gasteiger partial charge in [-0.1, -0.05) is 65.3 Å². The second-order valence-corrected chi connectivity index (χ2v) is 11.6. The fourth-order valence-electron chi connectivity index (χ4n) is 3.84. The van der Waals surface area contributed by atoms with Crippen LogP contribution in [0.15, 0.2) is 88.2 Å². The molecule has 0 aliphatic carbocycles. The van der Waals surface area contributed by atoms with E-state index in [1.807, 2.05) is 44.2 Å². The third kappa shape index (κ3) is 7.42. The first kappa shape index (κ1) is 28.4. The molecular formula is C28H32BrN3O4S. The first-order valence-electron chi connectivity index (χ1n) is 12.1. The lowest BCUT2D eigenvalue weighted by atomic mass is 10.1. The molecular weight excluding hydrogens is 554 g/mol. The van der Waals surface area contributed by atoms with Crippen molar-refractivity contribution < 1.29 is 18.0 Å². The average molecular weight is 587 g/mol. The maximum Gasteiger partial charge on any atom is 0.264 e. The van der Waals surface area contributed by atoms with E-state index < -0.39 is 28.5 Å². The number of hydrogen-bond donors (Lipinski definition) is 1. The molecule has 0 unspecified atom stereocenters. The molecule has 3 rings (SSSR count). The van der Waals surface area contributed by atoms with Crippen LogP contribution in [0.3, 0.4) is 0 Å². The molecule has 0 bridgehead atoms. The van der Waals surface area contributed by atoms with Crippen molar-refractivity contribution in [3.63, 3.8) is 0 Å². The number of carbonyl (C=O) groups excluding carboxylic acids is 2. The number of rotatable bonds is 11. The van der Waals surface area contributed by atoms with E-state index in [1.165, 1.54) is 17.0 Å². The van der Waals surface area contributed by atoms with E-state index >= 15 is 0 Å². The molecule has 0 heterocycles. The van der Waals surface area contributed by atoms with Crippen molar-refractivity contribution in [3.05, 3.63) is 94.5 Å². The smallest absolute Gasteiger partial charge is 0.264 e. The van der Waals surface area contributed by atoms with Crippen LogP contribution in [-0.4, -0.2) is 44.3 Å². The number of nitrogens with one attached hydrogen (secondary N) is 1. The molecule has 0 saturated carbocycles. The summed E-state index contributed by atoms with van der Waals surface area (Å²) in [6, 6.07) is 21.7. The van der Waals surface area contributed by atoms with Crippen LogP contribution < -0.4 is 9.62 Å². The van der Waals surface area contributed by atoms with Gasteiger partial charge >= 0.3 is 0 Å². The van der Waals surface area contributed by atoms with Gasteiger partial charge in [-0.25, -0.2) is 8.42 Å². The highest BCUT2D eigenvalue weighted by molar-refractivity contribution is 9.10. The number of carbonyl (C=O) groups is 2. The quantitative estimate of drug-likeness (QED) is 0.347. The zero-order valence-corrected chi connectivity index (χ0v) is 23.6. The Morgan fingerprint density at radius 1 is 0.973 bits per heavy atom. The number of anilines is 1. The monoisotopic (exact) mass is 585 g/mol. The summed E-state index contributed by atoms with van der Waals surface area (Å²) in [5, 5.41) is 2.84. The summed E-state index contributed by atoms with van der Waals surface area (Å²) in [6.07, 6.45) is 0.758. The summed E-state index contributed by atoms with van der Waals surface area (Å²) in [4.78, 5) is 28.2. The van der Waals surface area contributed by atoms with Gasteiger partial charge in [-0.3, -0.25) is 13.9 Å². The van der Waals surface area contributed by atoms with Gasteiger partial charge in [-0.05, 0) is 67.8 Å². The van der Waals surface area contributed by atoms with Crippen molar-refractivity contribution in [2.75, 3.05) is 17.4 Å². The second-order valence-electron chi connectivity index (χ2n) is 8.78. The molecule has 0 spiro atoms. The van der Waals surface area contributed by atoms with Crippen molar-refractivity contribution in [3.8, 4) is 0 Å². The maximum absolute atomic E-state index is 13.8. The molecule has 0 aliphatic heterocycles. The van der Waals surface area contributed by atoms with Gasteiger partial charge in [-0.15, -0.1) is 0 Å². The van der Waals surface area contributed by atoms with Crippen molar-refractivity contribution in [1.29, 1.82) is 0 Å². The van der Waals surface area contributed by atoms with Crippen LogP contribution >= 0.6 is 15.9 Å². The van der Waals surface area contributed by atoms with Crippen LogP contribution in [0.4, 0.5) is 5.69 Å². The minimum absolute atomic E-state index is 0.0802. The molecule has 196 valence electrons. The van der Waals surface area contributed by atoms with Gasteiger partial charge in [0, 0.05) is 17.6 Å². The maximum atomic E-state index is 13.8. The summed E-state index contributed by atoms with van der Waals surface area (Å²) in [6.45, 7) is 5.64. The molecule has 0 radical (unpaired) electrons. The van der Waals surface area contributed by atoms with Crippen LogP contribution in [0.2, 0.25) is 0 Å². The Morgan fingerprint density at radius 2 is 1.68 bits per heavy atom. The second kappa shape index (κ2) is 12.9. The van der Waals surface area contributed by atoms with Gasteiger partial charge in [0.25, 0.3) is 10.0 Å². The minimum Gasteiger partial charge on any atom is -0.354 e. The first-order chi connectivity index (χ1) is 17.6. The van der Waals surface area contributed by atoms with Crippen LogP contribution in [0, 0.1) is 6.92 Å². The van der Waals surface area contributed by atoms with Crippen LogP contribution in [0.5, 0.6) is 0 Å². The number of amides is 2. The van der Waals surface area contributed by atoms with Crippen molar-refractivity contribution in [2.24, 2.45) is 0 Å². The molecule has 0 aliphatic rings. The molecule has 9 heteroatoms. The summed E-state index contributed by atoms with van der Waals surface area (Å²) in [5.41, 5.74) is 2.05. The zero-order chi connectivity index (χ0) is 27.0. The highest BCUT2D eigenvalue weighted by Crippen LogP contribution is 2.25. The van der Waals surface area contributed by atoms with Gasteiger partial charge in [0.05, 0.1) is 10.6 Å². The van der Waals surface area contributed by atoms with Crippen LogP contribution in [0.25, 0.3) is 0 Å². The fourth-order valence-corrected chi connectivity index (χ4v) is 5.72. The molecule has 2 amide bonds. The number of halogens is 1. The van der Waals surface area contributed by atoms with E-state index in [4.69, 9.17) is 0 Å². The van der Waals surface area contributed by atoms with Crippen molar-refractivity contribution in [1.82, 2.24) is 10.2 Å².